The van der Waals surface area contributed by atoms with Crippen molar-refractivity contribution in [3.8, 4) is 5.75 Å². The van der Waals surface area contributed by atoms with Crippen LogP contribution >= 0.6 is 23.1 Å². The lowest BCUT2D eigenvalue weighted by molar-refractivity contribution is -0.123. The summed E-state index contributed by atoms with van der Waals surface area (Å²) in [7, 11) is 1.56. The van der Waals surface area contributed by atoms with Crippen LogP contribution in [0.4, 0.5) is 10.8 Å². The Labute approximate surface area is 153 Å². The highest BCUT2D eigenvalue weighted by Crippen LogP contribution is 2.36. The fraction of sp³-hybridized carbons (Fsp3) is 0.375. The lowest BCUT2D eigenvalue weighted by Crippen LogP contribution is -2.30. The van der Waals surface area contributed by atoms with Crippen LogP contribution in [0.2, 0.25) is 0 Å². The third-order valence-corrected chi connectivity index (χ3v) is 5.51. The average molecular weight is 378 g/mol. The fourth-order valence-electron chi connectivity index (χ4n) is 2.50. The van der Waals surface area contributed by atoms with Crippen molar-refractivity contribution < 1.29 is 14.3 Å². The molecule has 2 aromatic rings. The van der Waals surface area contributed by atoms with Gasteiger partial charge in [-0.25, -0.2) is 0 Å². The summed E-state index contributed by atoms with van der Waals surface area (Å²) >= 11 is 2.92. The minimum atomic E-state index is -0.594. The van der Waals surface area contributed by atoms with Gasteiger partial charge in [0.1, 0.15) is 5.75 Å². The van der Waals surface area contributed by atoms with E-state index in [4.69, 9.17) is 4.74 Å². The molecule has 7 nitrogen and oxygen atoms in total. The lowest BCUT2D eigenvalue weighted by atomic mass is 9.89. The summed E-state index contributed by atoms with van der Waals surface area (Å²) in [5.41, 5.74) is 1.36. The molecule has 2 N–H and O–H groups in total. The standard InChI is InChI=1S/C16H18N4O3S2/c1-8(2)24-16-20-19-15(25-16)18-14(22)11-7-13(21)17-12-5-4-9(23-3)6-10(11)12/h4-6,8,11H,7H2,1-3H3,(H,17,21)(H,18,19,22). The zero-order chi connectivity index (χ0) is 18.0. The van der Waals surface area contributed by atoms with Crippen molar-refractivity contribution in [1.29, 1.82) is 0 Å². The van der Waals surface area contributed by atoms with Gasteiger partial charge in [0.15, 0.2) is 4.34 Å². The predicted octanol–water partition coefficient (Wildman–Crippen LogP) is 3.11. The molecule has 2 amide bonds. The highest BCUT2D eigenvalue weighted by Gasteiger charge is 2.31. The third kappa shape index (κ3) is 4.10. The van der Waals surface area contributed by atoms with Gasteiger partial charge in [0.25, 0.3) is 0 Å². The normalized spacial score (nSPS) is 16.3. The first-order valence-electron chi connectivity index (χ1n) is 7.75. The number of thioether (sulfide) groups is 1. The van der Waals surface area contributed by atoms with Crippen LogP contribution in [0.5, 0.6) is 5.75 Å². The van der Waals surface area contributed by atoms with Gasteiger partial charge in [0, 0.05) is 17.4 Å². The topological polar surface area (TPSA) is 93.2 Å². The van der Waals surface area contributed by atoms with Crippen LogP contribution in [0, 0.1) is 0 Å². The average Bonchev–Trinajstić information content (AvgIpc) is 2.99. The Bertz CT molecular complexity index is 806. The van der Waals surface area contributed by atoms with Crippen LogP contribution in [-0.4, -0.2) is 34.4 Å². The Morgan fingerprint density at radius 1 is 1.44 bits per heavy atom. The Hall–Kier alpha value is -2.13. The van der Waals surface area contributed by atoms with Crippen molar-refractivity contribution in [3.63, 3.8) is 0 Å². The molecule has 0 aliphatic carbocycles. The van der Waals surface area contributed by atoms with E-state index in [2.05, 4.69) is 34.7 Å². The summed E-state index contributed by atoms with van der Waals surface area (Å²) in [6, 6.07) is 5.27. The van der Waals surface area contributed by atoms with Crippen molar-refractivity contribution in [2.45, 2.75) is 35.8 Å². The van der Waals surface area contributed by atoms with Crippen LogP contribution in [-0.2, 0) is 9.59 Å². The van der Waals surface area contributed by atoms with E-state index in [1.807, 2.05) is 0 Å². The molecule has 1 aliphatic rings. The number of aromatic nitrogens is 2. The van der Waals surface area contributed by atoms with Gasteiger partial charge in [-0.3, -0.25) is 14.9 Å². The smallest absolute Gasteiger partial charge is 0.234 e. The number of ether oxygens (including phenoxy) is 1. The monoisotopic (exact) mass is 378 g/mol. The van der Waals surface area contributed by atoms with E-state index < -0.39 is 5.92 Å². The van der Waals surface area contributed by atoms with Crippen molar-refractivity contribution >= 4 is 45.7 Å². The number of benzene rings is 1. The second-order valence-electron chi connectivity index (χ2n) is 5.79. The van der Waals surface area contributed by atoms with E-state index in [-0.39, 0.29) is 18.2 Å². The van der Waals surface area contributed by atoms with Crippen molar-refractivity contribution in [2.75, 3.05) is 17.7 Å². The summed E-state index contributed by atoms with van der Waals surface area (Å²) < 4.78 is 6.03. The number of hydrogen-bond donors (Lipinski definition) is 2. The Morgan fingerprint density at radius 3 is 2.96 bits per heavy atom. The molecule has 0 saturated heterocycles. The van der Waals surface area contributed by atoms with E-state index in [1.165, 1.54) is 11.3 Å². The minimum Gasteiger partial charge on any atom is -0.497 e. The number of nitrogens with zero attached hydrogens (tertiary/aromatic N) is 2. The summed E-state index contributed by atoms with van der Waals surface area (Å²) in [6.07, 6.45) is 0.0818. The molecule has 0 saturated carbocycles. The highest BCUT2D eigenvalue weighted by atomic mass is 32.2. The summed E-state index contributed by atoms with van der Waals surface area (Å²) in [4.78, 5) is 24.6. The lowest BCUT2D eigenvalue weighted by Gasteiger charge is -2.24. The number of carbonyl (C=O) groups is 2. The molecule has 0 radical (unpaired) electrons. The van der Waals surface area contributed by atoms with E-state index in [1.54, 1.807) is 37.1 Å². The van der Waals surface area contributed by atoms with E-state index >= 15 is 0 Å². The molecule has 132 valence electrons. The number of hydrogen-bond acceptors (Lipinski definition) is 7. The molecule has 1 aromatic carbocycles. The number of fused-ring (bicyclic) bond motifs is 1. The quantitative estimate of drug-likeness (QED) is 0.613. The molecule has 0 spiro atoms. The second kappa shape index (κ2) is 7.40. The van der Waals surface area contributed by atoms with Gasteiger partial charge in [-0.05, 0) is 23.8 Å². The van der Waals surface area contributed by atoms with Gasteiger partial charge in [-0.1, -0.05) is 36.9 Å². The largest absolute Gasteiger partial charge is 0.497 e. The van der Waals surface area contributed by atoms with E-state index in [0.717, 1.165) is 9.90 Å². The molecule has 25 heavy (non-hydrogen) atoms. The Morgan fingerprint density at radius 2 is 2.24 bits per heavy atom. The maximum atomic E-state index is 12.7. The molecular formula is C16H18N4O3S2. The number of anilines is 2. The van der Waals surface area contributed by atoms with E-state index in [0.29, 0.717) is 21.8 Å². The predicted molar refractivity (Wildman–Crippen MR) is 98.5 cm³/mol. The van der Waals surface area contributed by atoms with Crippen molar-refractivity contribution in [3.05, 3.63) is 23.8 Å². The summed E-state index contributed by atoms with van der Waals surface area (Å²) in [6.45, 7) is 4.13. The first-order chi connectivity index (χ1) is 12.0. The van der Waals surface area contributed by atoms with Crippen molar-refractivity contribution in [2.24, 2.45) is 0 Å². The Balaban J connectivity index is 1.80. The SMILES string of the molecule is COc1ccc2c(c1)C(C(=O)Nc1nnc(SC(C)C)s1)CC(=O)N2. The zero-order valence-corrected chi connectivity index (χ0v) is 15.7. The van der Waals surface area contributed by atoms with Crippen LogP contribution in [0.15, 0.2) is 22.5 Å². The van der Waals surface area contributed by atoms with Gasteiger partial charge in [-0.15, -0.1) is 10.2 Å². The first kappa shape index (κ1) is 17.7. The Kier molecular flexibility index (Phi) is 5.24. The van der Waals surface area contributed by atoms with Gasteiger partial charge in [-0.2, -0.15) is 0 Å². The zero-order valence-electron chi connectivity index (χ0n) is 14.0. The van der Waals surface area contributed by atoms with Crippen LogP contribution in [0.3, 0.4) is 0 Å². The molecule has 2 heterocycles. The number of rotatable bonds is 5. The summed E-state index contributed by atoms with van der Waals surface area (Å²) in [5.74, 6) is -0.420. The molecule has 0 fully saturated rings. The maximum Gasteiger partial charge on any atom is 0.234 e. The van der Waals surface area contributed by atoms with Gasteiger partial charge in [0.05, 0.1) is 13.0 Å². The molecule has 1 aromatic heterocycles. The maximum absolute atomic E-state index is 12.7. The molecule has 1 atom stereocenters. The summed E-state index contributed by atoms with van der Waals surface area (Å²) in [5, 5.41) is 14.4. The third-order valence-electron chi connectivity index (χ3n) is 3.59. The molecule has 1 unspecified atom stereocenters. The second-order valence-corrected chi connectivity index (χ2v) is 8.59. The van der Waals surface area contributed by atoms with E-state index in [9.17, 15) is 9.59 Å². The molecule has 0 bridgehead atoms. The molecular weight excluding hydrogens is 360 g/mol. The molecule has 1 aliphatic heterocycles. The number of methoxy groups -OCH3 is 1. The molecule has 9 heteroatoms. The highest BCUT2D eigenvalue weighted by molar-refractivity contribution is 8.01. The fourth-order valence-corrected chi connectivity index (χ4v) is 4.48. The number of carbonyl (C=O) groups excluding carboxylic acids is 2. The van der Waals surface area contributed by atoms with Gasteiger partial charge in [0.2, 0.25) is 16.9 Å². The van der Waals surface area contributed by atoms with Gasteiger partial charge < -0.3 is 10.1 Å². The minimum absolute atomic E-state index is 0.0818. The van der Waals surface area contributed by atoms with Crippen LogP contribution in [0.1, 0.15) is 31.7 Å². The number of amides is 2. The van der Waals surface area contributed by atoms with Crippen molar-refractivity contribution in [1.82, 2.24) is 10.2 Å². The van der Waals surface area contributed by atoms with Gasteiger partial charge >= 0.3 is 0 Å². The van der Waals surface area contributed by atoms with Crippen LogP contribution in [0.25, 0.3) is 0 Å². The first-order valence-corrected chi connectivity index (χ1v) is 9.44. The molecule has 3 rings (SSSR count). The van der Waals surface area contributed by atoms with Crippen LogP contribution < -0.4 is 15.4 Å². The number of nitrogens with one attached hydrogen (secondary N) is 2.